The van der Waals surface area contributed by atoms with Crippen LogP contribution < -0.4 is 10.6 Å². The SMILES string of the molecule is CC(=C(C#N)C(N)=O)c1ccc(N2CCOCC2)cc1. The van der Waals surface area contributed by atoms with Crippen LogP contribution >= 0.6 is 0 Å². The van der Waals surface area contributed by atoms with Crippen molar-refractivity contribution in [2.75, 3.05) is 31.2 Å². The number of anilines is 1. The lowest BCUT2D eigenvalue weighted by Gasteiger charge is -2.29. The number of morpholine rings is 1. The highest BCUT2D eigenvalue weighted by atomic mass is 16.5. The van der Waals surface area contributed by atoms with E-state index in [0.29, 0.717) is 5.57 Å². The Morgan fingerprint density at radius 3 is 2.40 bits per heavy atom. The van der Waals surface area contributed by atoms with Gasteiger partial charge in [-0.1, -0.05) is 12.1 Å². The minimum Gasteiger partial charge on any atom is -0.378 e. The fourth-order valence-electron chi connectivity index (χ4n) is 2.21. The van der Waals surface area contributed by atoms with Gasteiger partial charge in [-0.3, -0.25) is 4.79 Å². The van der Waals surface area contributed by atoms with Gasteiger partial charge in [0.15, 0.2) is 0 Å². The van der Waals surface area contributed by atoms with Crippen LogP contribution in [0, 0.1) is 11.3 Å². The third-order valence-electron chi connectivity index (χ3n) is 3.41. The lowest BCUT2D eigenvalue weighted by atomic mass is 10.0. The number of carbonyl (C=O) groups is 1. The summed E-state index contributed by atoms with van der Waals surface area (Å²) in [5.74, 6) is -0.692. The topological polar surface area (TPSA) is 79.3 Å². The van der Waals surface area contributed by atoms with Crippen LogP contribution in [0.5, 0.6) is 0 Å². The van der Waals surface area contributed by atoms with Gasteiger partial charge < -0.3 is 15.4 Å². The van der Waals surface area contributed by atoms with Crippen molar-refractivity contribution in [1.82, 2.24) is 0 Å². The number of benzene rings is 1. The minimum atomic E-state index is -0.692. The highest BCUT2D eigenvalue weighted by Gasteiger charge is 2.13. The second-order valence-corrected chi connectivity index (χ2v) is 4.62. The molecule has 1 saturated heterocycles. The lowest BCUT2D eigenvalue weighted by molar-refractivity contribution is -0.114. The largest absolute Gasteiger partial charge is 0.378 e. The average Bonchev–Trinajstić information content (AvgIpc) is 2.48. The fraction of sp³-hybridized carbons (Fsp3) is 0.333. The van der Waals surface area contributed by atoms with E-state index < -0.39 is 5.91 Å². The molecule has 104 valence electrons. The van der Waals surface area contributed by atoms with Gasteiger partial charge in [0, 0.05) is 18.8 Å². The maximum Gasteiger partial charge on any atom is 0.259 e. The highest BCUT2D eigenvalue weighted by molar-refractivity contribution is 6.03. The number of nitrogens with zero attached hydrogens (tertiary/aromatic N) is 2. The molecule has 20 heavy (non-hydrogen) atoms. The van der Waals surface area contributed by atoms with Gasteiger partial charge in [0.25, 0.3) is 5.91 Å². The number of carbonyl (C=O) groups excluding carboxylic acids is 1. The molecule has 0 aliphatic carbocycles. The normalized spacial score (nSPS) is 16.3. The molecule has 1 amide bonds. The van der Waals surface area contributed by atoms with E-state index in [4.69, 9.17) is 15.7 Å². The first-order valence-corrected chi connectivity index (χ1v) is 6.47. The first-order valence-electron chi connectivity index (χ1n) is 6.47. The van der Waals surface area contributed by atoms with Crippen LogP contribution in [0.15, 0.2) is 29.8 Å². The molecule has 2 N–H and O–H groups in total. The van der Waals surface area contributed by atoms with Crippen molar-refractivity contribution in [3.8, 4) is 6.07 Å². The predicted octanol–water partition coefficient (Wildman–Crippen LogP) is 1.31. The van der Waals surface area contributed by atoms with Crippen molar-refractivity contribution in [2.24, 2.45) is 5.73 Å². The van der Waals surface area contributed by atoms with Gasteiger partial charge in [0.2, 0.25) is 0 Å². The van der Waals surface area contributed by atoms with E-state index in [9.17, 15) is 4.79 Å². The number of amides is 1. The van der Waals surface area contributed by atoms with Crippen LogP contribution in [0.4, 0.5) is 5.69 Å². The van der Waals surface area contributed by atoms with Crippen molar-refractivity contribution in [3.63, 3.8) is 0 Å². The van der Waals surface area contributed by atoms with E-state index >= 15 is 0 Å². The van der Waals surface area contributed by atoms with Crippen molar-refractivity contribution < 1.29 is 9.53 Å². The molecule has 1 heterocycles. The Labute approximate surface area is 118 Å². The number of hydrogen-bond acceptors (Lipinski definition) is 4. The highest BCUT2D eigenvalue weighted by Crippen LogP contribution is 2.22. The van der Waals surface area contributed by atoms with Gasteiger partial charge in [0.1, 0.15) is 11.6 Å². The van der Waals surface area contributed by atoms with E-state index in [-0.39, 0.29) is 5.57 Å². The summed E-state index contributed by atoms with van der Waals surface area (Å²) in [6.45, 7) is 4.95. The number of nitrogens with two attached hydrogens (primary N) is 1. The summed E-state index contributed by atoms with van der Waals surface area (Å²) < 4.78 is 5.32. The van der Waals surface area contributed by atoms with Gasteiger partial charge in [-0.15, -0.1) is 0 Å². The molecule has 5 nitrogen and oxygen atoms in total. The van der Waals surface area contributed by atoms with Gasteiger partial charge in [0.05, 0.1) is 13.2 Å². The van der Waals surface area contributed by atoms with Crippen LogP contribution in [-0.4, -0.2) is 32.2 Å². The Morgan fingerprint density at radius 2 is 1.90 bits per heavy atom. The number of primary amides is 1. The summed E-state index contributed by atoms with van der Waals surface area (Å²) in [5, 5.41) is 8.96. The van der Waals surface area contributed by atoms with Crippen molar-refractivity contribution in [3.05, 3.63) is 35.4 Å². The number of hydrogen-bond donors (Lipinski definition) is 1. The molecule has 0 unspecified atom stereocenters. The molecule has 0 saturated carbocycles. The molecular formula is C15H17N3O2. The third kappa shape index (κ3) is 2.98. The van der Waals surface area contributed by atoms with Gasteiger partial charge in [-0.05, 0) is 30.2 Å². The molecule has 1 fully saturated rings. The Hall–Kier alpha value is -2.32. The number of nitriles is 1. The van der Waals surface area contributed by atoms with Gasteiger partial charge in [-0.25, -0.2) is 0 Å². The van der Waals surface area contributed by atoms with Crippen LogP contribution in [0.3, 0.4) is 0 Å². The smallest absolute Gasteiger partial charge is 0.259 e. The van der Waals surface area contributed by atoms with Crippen molar-refractivity contribution in [1.29, 1.82) is 5.26 Å². The first-order chi connectivity index (χ1) is 9.63. The second-order valence-electron chi connectivity index (χ2n) is 4.62. The number of allylic oxidation sites excluding steroid dienone is 1. The van der Waals surface area contributed by atoms with Crippen LogP contribution in [0.25, 0.3) is 5.57 Å². The number of ether oxygens (including phenoxy) is 1. The van der Waals surface area contributed by atoms with Gasteiger partial charge in [-0.2, -0.15) is 5.26 Å². The molecule has 1 aliphatic heterocycles. The summed E-state index contributed by atoms with van der Waals surface area (Å²) in [4.78, 5) is 13.4. The molecule has 1 aliphatic rings. The quantitative estimate of drug-likeness (QED) is 0.664. The maximum atomic E-state index is 11.2. The van der Waals surface area contributed by atoms with Crippen molar-refractivity contribution in [2.45, 2.75) is 6.92 Å². The summed E-state index contributed by atoms with van der Waals surface area (Å²) in [6, 6.07) is 9.63. The van der Waals surface area contributed by atoms with Crippen LogP contribution in [0.2, 0.25) is 0 Å². The Kier molecular flexibility index (Phi) is 4.38. The molecule has 0 atom stereocenters. The standard InChI is InChI=1S/C15H17N3O2/c1-11(14(10-16)15(17)19)12-2-4-13(5-3-12)18-6-8-20-9-7-18/h2-5H,6-9H2,1H3,(H2,17,19). The lowest BCUT2D eigenvalue weighted by Crippen LogP contribution is -2.36. The minimum absolute atomic E-state index is 0.00382. The molecule has 1 aromatic rings. The van der Waals surface area contributed by atoms with Crippen LogP contribution in [0.1, 0.15) is 12.5 Å². The van der Waals surface area contributed by atoms with E-state index in [0.717, 1.165) is 37.6 Å². The zero-order chi connectivity index (χ0) is 14.5. The summed E-state index contributed by atoms with van der Waals surface area (Å²) >= 11 is 0. The van der Waals surface area contributed by atoms with E-state index in [2.05, 4.69) is 4.90 Å². The molecule has 0 bridgehead atoms. The maximum absolute atomic E-state index is 11.2. The van der Waals surface area contributed by atoms with Gasteiger partial charge >= 0.3 is 0 Å². The zero-order valence-electron chi connectivity index (χ0n) is 11.4. The molecule has 2 rings (SSSR count). The molecular weight excluding hydrogens is 254 g/mol. The van der Waals surface area contributed by atoms with Crippen molar-refractivity contribution >= 4 is 17.2 Å². The fourth-order valence-corrected chi connectivity index (χ4v) is 2.21. The predicted molar refractivity (Wildman–Crippen MR) is 76.9 cm³/mol. The van der Waals surface area contributed by atoms with Crippen LogP contribution in [-0.2, 0) is 9.53 Å². The molecule has 0 aromatic heterocycles. The second kappa shape index (κ2) is 6.22. The monoisotopic (exact) mass is 271 g/mol. The third-order valence-corrected chi connectivity index (χ3v) is 3.41. The Bertz CT molecular complexity index is 564. The molecule has 5 heteroatoms. The molecule has 0 spiro atoms. The average molecular weight is 271 g/mol. The zero-order valence-corrected chi connectivity index (χ0v) is 11.4. The summed E-state index contributed by atoms with van der Waals surface area (Å²) in [6.07, 6.45) is 0. The Morgan fingerprint density at radius 1 is 1.30 bits per heavy atom. The molecule has 0 radical (unpaired) electrons. The summed E-state index contributed by atoms with van der Waals surface area (Å²) in [5.41, 5.74) is 7.74. The summed E-state index contributed by atoms with van der Waals surface area (Å²) in [7, 11) is 0. The van der Waals surface area contributed by atoms with E-state index in [1.807, 2.05) is 30.3 Å². The first kappa shape index (κ1) is 14.1. The van der Waals surface area contributed by atoms with E-state index in [1.54, 1.807) is 6.92 Å². The molecule has 1 aromatic carbocycles. The Balaban J connectivity index is 2.24. The number of rotatable bonds is 3. The van der Waals surface area contributed by atoms with E-state index in [1.165, 1.54) is 0 Å².